The zero-order valence-corrected chi connectivity index (χ0v) is 17.1. The summed E-state index contributed by atoms with van der Waals surface area (Å²) in [6.45, 7) is 4.89. The second kappa shape index (κ2) is 9.58. The topological polar surface area (TPSA) is 88.8 Å². The molecule has 0 bridgehead atoms. The number of amides is 1. The third-order valence-electron chi connectivity index (χ3n) is 5.69. The van der Waals surface area contributed by atoms with Gasteiger partial charge in [0.05, 0.1) is 5.69 Å². The molecule has 0 radical (unpaired) electrons. The third kappa shape index (κ3) is 5.07. The molecular weight excluding hydrogens is 378 g/mol. The first-order chi connectivity index (χ1) is 14.7. The summed E-state index contributed by atoms with van der Waals surface area (Å²) < 4.78 is 1.54. The fourth-order valence-corrected chi connectivity index (χ4v) is 4.04. The van der Waals surface area contributed by atoms with Crippen molar-refractivity contribution in [2.24, 2.45) is 5.92 Å². The minimum Gasteiger partial charge on any atom is -0.351 e. The van der Waals surface area contributed by atoms with Crippen molar-refractivity contribution in [3.8, 4) is 0 Å². The van der Waals surface area contributed by atoms with Crippen molar-refractivity contribution in [3.05, 3.63) is 72.3 Å². The lowest BCUT2D eigenvalue weighted by atomic mass is 9.93. The van der Waals surface area contributed by atoms with Crippen molar-refractivity contribution < 1.29 is 4.79 Å². The molecule has 8 heteroatoms. The van der Waals surface area contributed by atoms with E-state index in [4.69, 9.17) is 0 Å². The number of likely N-dealkylation sites (tertiary alicyclic amines) is 1. The molecule has 4 rings (SSSR count). The normalized spacial score (nSPS) is 20.6. The average molecular weight is 406 g/mol. The van der Waals surface area contributed by atoms with Crippen LogP contribution in [0.3, 0.4) is 0 Å². The molecule has 8 nitrogen and oxygen atoms in total. The highest BCUT2D eigenvalue weighted by molar-refractivity contribution is 5.80. The number of piperidine rings is 1. The van der Waals surface area contributed by atoms with Crippen LogP contribution in [0.25, 0.3) is 0 Å². The van der Waals surface area contributed by atoms with Crippen LogP contribution >= 0.6 is 0 Å². The van der Waals surface area contributed by atoms with Crippen LogP contribution in [0.1, 0.15) is 30.6 Å². The lowest BCUT2D eigenvalue weighted by molar-refractivity contribution is -0.126. The maximum absolute atomic E-state index is 13.2. The maximum atomic E-state index is 13.2. The minimum atomic E-state index is -0.471. The van der Waals surface area contributed by atoms with Gasteiger partial charge in [-0.1, -0.05) is 43.3 Å². The summed E-state index contributed by atoms with van der Waals surface area (Å²) in [7, 11) is 0. The van der Waals surface area contributed by atoms with Crippen molar-refractivity contribution in [2.75, 3.05) is 13.1 Å². The van der Waals surface area contributed by atoms with Gasteiger partial charge in [0.25, 0.3) is 0 Å². The van der Waals surface area contributed by atoms with Crippen LogP contribution in [0.5, 0.6) is 0 Å². The van der Waals surface area contributed by atoms with Crippen molar-refractivity contribution in [1.82, 2.24) is 35.4 Å². The van der Waals surface area contributed by atoms with E-state index in [1.807, 2.05) is 48.7 Å². The molecule has 3 atom stereocenters. The number of nitrogens with zero attached hydrogens (tertiary/aromatic N) is 6. The van der Waals surface area contributed by atoms with Gasteiger partial charge < -0.3 is 5.32 Å². The Labute approximate surface area is 176 Å². The molecular formula is C22H27N7O. The number of nitrogens with one attached hydrogen (secondary N) is 1. The van der Waals surface area contributed by atoms with E-state index in [1.165, 1.54) is 6.33 Å². The summed E-state index contributed by atoms with van der Waals surface area (Å²) >= 11 is 0. The fraction of sp³-hybridized carbons (Fsp3) is 0.409. The largest absolute Gasteiger partial charge is 0.351 e. The number of aromatic nitrogens is 5. The van der Waals surface area contributed by atoms with Gasteiger partial charge in [0.1, 0.15) is 12.4 Å². The fourth-order valence-electron chi connectivity index (χ4n) is 4.04. The number of rotatable bonds is 7. The van der Waals surface area contributed by atoms with Gasteiger partial charge in [-0.3, -0.25) is 14.7 Å². The van der Waals surface area contributed by atoms with Crippen molar-refractivity contribution in [1.29, 1.82) is 0 Å². The highest BCUT2D eigenvalue weighted by Gasteiger charge is 2.30. The Morgan fingerprint density at radius 2 is 2.03 bits per heavy atom. The molecule has 1 saturated heterocycles. The lowest BCUT2D eigenvalue weighted by Crippen LogP contribution is -2.51. The standard InChI is InChI=1S/C22H27N7O/c1-17-14-28(15-19-9-5-6-11-23-19)12-10-20(17)25-22(30)21(29-16-24-26-27-29)13-18-7-3-2-4-8-18/h2-9,11,16-17,20-21H,10,12-15H2,1H3,(H,25,30). The van der Waals surface area contributed by atoms with E-state index in [0.717, 1.165) is 37.3 Å². The molecule has 0 aliphatic carbocycles. The van der Waals surface area contributed by atoms with Crippen molar-refractivity contribution in [2.45, 2.75) is 38.4 Å². The second-order valence-electron chi connectivity index (χ2n) is 7.93. The number of carbonyl (C=O) groups is 1. The van der Waals surface area contributed by atoms with E-state index < -0.39 is 6.04 Å². The van der Waals surface area contributed by atoms with E-state index in [-0.39, 0.29) is 11.9 Å². The highest BCUT2D eigenvalue weighted by Crippen LogP contribution is 2.20. The molecule has 1 aliphatic rings. The molecule has 1 fully saturated rings. The van der Waals surface area contributed by atoms with Crippen LogP contribution in [0.2, 0.25) is 0 Å². The molecule has 1 aliphatic heterocycles. The monoisotopic (exact) mass is 405 g/mol. The predicted molar refractivity (Wildman–Crippen MR) is 112 cm³/mol. The first kappa shape index (κ1) is 20.2. The van der Waals surface area contributed by atoms with Crippen LogP contribution in [0.4, 0.5) is 0 Å². The number of hydrogen-bond donors (Lipinski definition) is 1. The summed E-state index contributed by atoms with van der Waals surface area (Å²) in [5.41, 5.74) is 2.15. The summed E-state index contributed by atoms with van der Waals surface area (Å²) in [4.78, 5) is 20.0. The Kier molecular flexibility index (Phi) is 6.44. The Morgan fingerprint density at radius 3 is 2.73 bits per heavy atom. The molecule has 3 unspecified atom stereocenters. The zero-order chi connectivity index (χ0) is 20.8. The second-order valence-corrected chi connectivity index (χ2v) is 7.93. The molecule has 1 N–H and O–H groups in total. The smallest absolute Gasteiger partial charge is 0.245 e. The maximum Gasteiger partial charge on any atom is 0.245 e. The van der Waals surface area contributed by atoms with Crippen LogP contribution in [0, 0.1) is 5.92 Å². The first-order valence-corrected chi connectivity index (χ1v) is 10.4. The van der Waals surface area contributed by atoms with E-state index in [2.05, 4.69) is 43.7 Å². The lowest BCUT2D eigenvalue weighted by Gasteiger charge is -2.37. The van der Waals surface area contributed by atoms with E-state index in [1.54, 1.807) is 4.68 Å². The number of pyridine rings is 1. The predicted octanol–water partition coefficient (Wildman–Crippen LogP) is 1.88. The molecule has 1 amide bonds. The van der Waals surface area contributed by atoms with Crippen LogP contribution in [-0.2, 0) is 17.8 Å². The Morgan fingerprint density at radius 1 is 1.20 bits per heavy atom. The molecule has 2 aromatic heterocycles. The van der Waals surface area contributed by atoms with Gasteiger partial charge in [-0.25, -0.2) is 4.68 Å². The Balaban J connectivity index is 1.38. The number of tetrazole rings is 1. The third-order valence-corrected chi connectivity index (χ3v) is 5.69. The summed E-state index contributed by atoms with van der Waals surface area (Å²) in [5, 5.41) is 14.7. The zero-order valence-electron chi connectivity index (χ0n) is 17.1. The summed E-state index contributed by atoms with van der Waals surface area (Å²) in [6.07, 6.45) is 4.79. The van der Waals surface area contributed by atoms with Crippen molar-refractivity contribution in [3.63, 3.8) is 0 Å². The van der Waals surface area contributed by atoms with Gasteiger partial charge >= 0.3 is 0 Å². The molecule has 0 saturated carbocycles. The number of carbonyl (C=O) groups excluding carboxylic acids is 1. The van der Waals surface area contributed by atoms with Gasteiger partial charge in [0.15, 0.2) is 0 Å². The minimum absolute atomic E-state index is 0.0406. The van der Waals surface area contributed by atoms with Crippen LogP contribution < -0.4 is 5.32 Å². The van der Waals surface area contributed by atoms with Gasteiger partial charge in [0.2, 0.25) is 5.91 Å². The van der Waals surface area contributed by atoms with Gasteiger partial charge in [0, 0.05) is 38.3 Å². The van der Waals surface area contributed by atoms with Crippen LogP contribution in [0.15, 0.2) is 61.1 Å². The summed E-state index contributed by atoms with van der Waals surface area (Å²) in [5.74, 6) is 0.304. The Bertz CT molecular complexity index is 917. The SMILES string of the molecule is CC1CN(Cc2ccccn2)CCC1NC(=O)C(Cc1ccccc1)n1cnnn1. The molecule has 0 spiro atoms. The van der Waals surface area contributed by atoms with E-state index in [9.17, 15) is 4.79 Å². The number of benzene rings is 1. The highest BCUT2D eigenvalue weighted by atomic mass is 16.2. The van der Waals surface area contributed by atoms with Gasteiger partial charge in [-0.15, -0.1) is 5.10 Å². The summed E-state index contributed by atoms with van der Waals surface area (Å²) in [6, 6.07) is 15.6. The molecule has 1 aromatic carbocycles. The Hall–Kier alpha value is -3.13. The molecule has 3 heterocycles. The number of hydrogen-bond acceptors (Lipinski definition) is 6. The quantitative estimate of drug-likeness (QED) is 0.646. The van der Waals surface area contributed by atoms with Gasteiger partial charge in [-0.05, 0) is 40.5 Å². The van der Waals surface area contributed by atoms with Crippen molar-refractivity contribution >= 4 is 5.91 Å². The van der Waals surface area contributed by atoms with Crippen LogP contribution in [-0.4, -0.2) is 55.1 Å². The molecule has 3 aromatic rings. The molecule has 156 valence electrons. The van der Waals surface area contributed by atoms with E-state index >= 15 is 0 Å². The van der Waals surface area contributed by atoms with E-state index in [0.29, 0.717) is 12.3 Å². The average Bonchev–Trinajstić information content (AvgIpc) is 3.30. The van der Waals surface area contributed by atoms with Gasteiger partial charge in [-0.2, -0.15) is 0 Å². The first-order valence-electron chi connectivity index (χ1n) is 10.4. The molecule has 30 heavy (non-hydrogen) atoms.